The van der Waals surface area contributed by atoms with Crippen LogP contribution in [0.4, 0.5) is 0 Å². The number of likely N-dealkylation sites (tertiary alicyclic amines) is 1. The van der Waals surface area contributed by atoms with Gasteiger partial charge in [-0.2, -0.15) is 0 Å². The van der Waals surface area contributed by atoms with Crippen LogP contribution in [0.15, 0.2) is 24.3 Å². The summed E-state index contributed by atoms with van der Waals surface area (Å²) in [6.45, 7) is 6.47. The van der Waals surface area contributed by atoms with E-state index in [2.05, 4.69) is 11.8 Å². The highest BCUT2D eigenvalue weighted by atomic mass is 35.5. The van der Waals surface area contributed by atoms with Crippen molar-refractivity contribution >= 4 is 12.4 Å². The average molecular weight is 300 g/mol. The first-order chi connectivity index (χ1) is 9.15. The third-order valence-corrected chi connectivity index (χ3v) is 3.82. The summed E-state index contributed by atoms with van der Waals surface area (Å²) in [5.74, 6) is 0.839. The first kappa shape index (κ1) is 17.3. The van der Waals surface area contributed by atoms with Crippen molar-refractivity contribution in [1.82, 2.24) is 4.90 Å². The fraction of sp³-hybridized carbons (Fsp3) is 0.625. The van der Waals surface area contributed by atoms with Crippen LogP contribution < -0.4 is 4.74 Å². The Kier molecular flexibility index (Phi) is 7.35. The maximum atomic E-state index is 10.1. The van der Waals surface area contributed by atoms with Crippen LogP contribution in [0.2, 0.25) is 0 Å². The van der Waals surface area contributed by atoms with Gasteiger partial charge in [-0.15, -0.1) is 12.4 Å². The Balaban J connectivity index is 0.00000200. The average Bonchev–Trinajstić information content (AvgIpc) is 2.39. The number of ether oxygens (including phenoxy) is 1. The molecule has 0 amide bonds. The third-order valence-electron chi connectivity index (χ3n) is 3.82. The zero-order chi connectivity index (χ0) is 13.7. The molecule has 1 aliphatic rings. The van der Waals surface area contributed by atoms with E-state index in [1.807, 2.05) is 31.2 Å². The molecule has 1 N–H and O–H groups in total. The van der Waals surface area contributed by atoms with Crippen LogP contribution in [0, 0.1) is 6.92 Å². The number of piperidine rings is 1. The van der Waals surface area contributed by atoms with Gasteiger partial charge in [0.1, 0.15) is 18.5 Å². The van der Waals surface area contributed by atoms with E-state index in [1.165, 1.54) is 24.8 Å². The lowest BCUT2D eigenvalue weighted by molar-refractivity contribution is 0.0438. The predicted octanol–water partition coefficient (Wildman–Crippen LogP) is 3.03. The van der Waals surface area contributed by atoms with Gasteiger partial charge in [-0.3, -0.25) is 4.90 Å². The van der Waals surface area contributed by atoms with Gasteiger partial charge in [0, 0.05) is 12.6 Å². The van der Waals surface area contributed by atoms with Crippen molar-refractivity contribution in [2.45, 2.75) is 45.3 Å². The Bertz CT molecular complexity index is 400. The SMILES string of the molecule is Cc1cccc(OCC(O)CN2CCCCC2C)c1.Cl. The molecule has 114 valence electrons. The monoisotopic (exact) mass is 299 g/mol. The summed E-state index contributed by atoms with van der Waals surface area (Å²) < 4.78 is 5.65. The number of hydrogen-bond acceptors (Lipinski definition) is 3. The summed E-state index contributed by atoms with van der Waals surface area (Å²) in [5.41, 5.74) is 1.18. The lowest BCUT2D eigenvalue weighted by Crippen LogP contribution is -2.43. The van der Waals surface area contributed by atoms with Crippen molar-refractivity contribution in [3.05, 3.63) is 29.8 Å². The smallest absolute Gasteiger partial charge is 0.119 e. The van der Waals surface area contributed by atoms with Crippen molar-refractivity contribution in [2.24, 2.45) is 0 Å². The largest absolute Gasteiger partial charge is 0.491 e. The normalized spacial score (nSPS) is 21.1. The molecule has 1 heterocycles. The van der Waals surface area contributed by atoms with Crippen molar-refractivity contribution < 1.29 is 9.84 Å². The number of halogens is 1. The second-order valence-corrected chi connectivity index (χ2v) is 5.62. The predicted molar refractivity (Wildman–Crippen MR) is 84.8 cm³/mol. The molecule has 1 saturated heterocycles. The maximum Gasteiger partial charge on any atom is 0.119 e. The van der Waals surface area contributed by atoms with Crippen molar-refractivity contribution in [3.8, 4) is 5.75 Å². The number of benzene rings is 1. The number of β-amino-alcohol motifs (C(OH)–C–C–N with tert-alkyl or cyclic N) is 1. The molecular formula is C16H26ClNO2. The van der Waals surface area contributed by atoms with Crippen molar-refractivity contribution in [1.29, 1.82) is 0 Å². The second-order valence-electron chi connectivity index (χ2n) is 5.62. The quantitative estimate of drug-likeness (QED) is 0.907. The Labute approximate surface area is 128 Å². The molecule has 3 nitrogen and oxygen atoms in total. The van der Waals surface area contributed by atoms with Gasteiger partial charge in [-0.25, -0.2) is 0 Å². The van der Waals surface area contributed by atoms with E-state index in [0.29, 0.717) is 19.2 Å². The van der Waals surface area contributed by atoms with Gasteiger partial charge < -0.3 is 9.84 Å². The number of hydrogen-bond donors (Lipinski definition) is 1. The van der Waals surface area contributed by atoms with Gasteiger partial charge in [0.2, 0.25) is 0 Å². The Morgan fingerprint density at radius 3 is 2.90 bits per heavy atom. The molecule has 1 aliphatic heterocycles. The number of rotatable bonds is 5. The molecule has 0 bridgehead atoms. The van der Waals surface area contributed by atoms with Crippen LogP contribution in [-0.2, 0) is 0 Å². The van der Waals surface area contributed by atoms with Crippen LogP contribution in [0.25, 0.3) is 0 Å². The van der Waals surface area contributed by atoms with Gasteiger partial charge >= 0.3 is 0 Å². The number of aryl methyl sites for hydroxylation is 1. The Morgan fingerprint density at radius 2 is 2.20 bits per heavy atom. The van der Waals surface area contributed by atoms with Crippen LogP contribution >= 0.6 is 12.4 Å². The van der Waals surface area contributed by atoms with E-state index >= 15 is 0 Å². The molecule has 0 radical (unpaired) electrons. The first-order valence-electron chi connectivity index (χ1n) is 7.27. The van der Waals surface area contributed by atoms with E-state index in [4.69, 9.17) is 4.74 Å². The molecule has 2 atom stereocenters. The molecule has 2 unspecified atom stereocenters. The minimum Gasteiger partial charge on any atom is -0.491 e. The van der Waals surface area contributed by atoms with Gasteiger partial charge in [0.05, 0.1) is 0 Å². The van der Waals surface area contributed by atoms with E-state index in [-0.39, 0.29) is 12.4 Å². The molecule has 1 aromatic carbocycles. The summed E-state index contributed by atoms with van der Waals surface area (Å²) in [4.78, 5) is 2.37. The summed E-state index contributed by atoms with van der Waals surface area (Å²) in [7, 11) is 0. The molecular weight excluding hydrogens is 274 g/mol. The van der Waals surface area contributed by atoms with Gasteiger partial charge in [0.15, 0.2) is 0 Å². The molecule has 20 heavy (non-hydrogen) atoms. The number of aliphatic hydroxyl groups is 1. The molecule has 0 saturated carbocycles. The summed E-state index contributed by atoms with van der Waals surface area (Å²) in [6, 6.07) is 8.53. The molecule has 0 aliphatic carbocycles. The molecule has 2 rings (SSSR count). The summed E-state index contributed by atoms with van der Waals surface area (Å²) >= 11 is 0. The lowest BCUT2D eigenvalue weighted by atomic mass is 10.0. The van der Waals surface area contributed by atoms with Crippen LogP contribution in [0.5, 0.6) is 5.75 Å². The minimum atomic E-state index is -0.416. The highest BCUT2D eigenvalue weighted by Gasteiger charge is 2.20. The topological polar surface area (TPSA) is 32.7 Å². The fourth-order valence-electron chi connectivity index (χ4n) is 2.65. The maximum absolute atomic E-state index is 10.1. The van der Waals surface area contributed by atoms with Gasteiger partial charge in [-0.1, -0.05) is 18.6 Å². The molecule has 4 heteroatoms. The van der Waals surface area contributed by atoms with Crippen molar-refractivity contribution in [2.75, 3.05) is 19.7 Å². The fourth-order valence-corrected chi connectivity index (χ4v) is 2.65. The highest BCUT2D eigenvalue weighted by Crippen LogP contribution is 2.17. The van der Waals surface area contributed by atoms with Gasteiger partial charge in [-0.05, 0) is 50.9 Å². The van der Waals surface area contributed by atoms with Crippen molar-refractivity contribution in [3.63, 3.8) is 0 Å². The molecule has 0 aromatic heterocycles. The standard InChI is InChI=1S/C16H25NO2.ClH/c1-13-6-5-8-16(10-13)19-12-15(18)11-17-9-4-3-7-14(17)2;/h5-6,8,10,14-15,18H,3-4,7,9,11-12H2,1-2H3;1H. The molecule has 1 aromatic rings. The zero-order valence-electron chi connectivity index (χ0n) is 12.4. The lowest BCUT2D eigenvalue weighted by Gasteiger charge is -2.34. The van der Waals surface area contributed by atoms with Gasteiger partial charge in [0.25, 0.3) is 0 Å². The second kappa shape index (κ2) is 8.50. The van der Waals surface area contributed by atoms with E-state index in [9.17, 15) is 5.11 Å². The Hall–Kier alpha value is -0.770. The number of nitrogens with zero attached hydrogens (tertiary/aromatic N) is 1. The van der Waals surface area contributed by atoms with Crippen LogP contribution in [-0.4, -0.2) is 41.8 Å². The third kappa shape index (κ3) is 5.31. The number of aliphatic hydroxyl groups excluding tert-OH is 1. The zero-order valence-corrected chi connectivity index (χ0v) is 13.2. The Morgan fingerprint density at radius 1 is 1.40 bits per heavy atom. The van der Waals surface area contributed by atoms with E-state index in [1.54, 1.807) is 0 Å². The highest BCUT2D eigenvalue weighted by molar-refractivity contribution is 5.85. The molecule has 1 fully saturated rings. The van der Waals surface area contributed by atoms with Crippen LogP contribution in [0.1, 0.15) is 31.7 Å². The van der Waals surface area contributed by atoms with E-state index in [0.717, 1.165) is 12.3 Å². The first-order valence-corrected chi connectivity index (χ1v) is 7.27. The summed E-state index contributed by atoms with van der Waals surface area (Å²) in [6.07, 6.45) is 3.38. The minimum absolute atomic E-state index is 0. The molecule has 0 spiro atoms. The summed E-state index contributed by atoms with van der Waals surface area (Å²) in [5, 5.41) is 10.1. The van der Waals surface area contributed by atoms with Crippen LogP contribution in [0.3, 0.4) is 0 Å². The van der Waals surface area contributed by atoms with E-state index < -0.39 is 6.10 Å².